The molecule has 0 aromatic carbocycles. The summed E-state index contributed by atoms with van der Waals surface area (Å²) in [7, 11) is 2.00. The topological polar surface area (TPSA) is 12.0 Å². The first-order valence-corrected chi connectivity index (χ1v) is 3.45. The molecule has 0 bridgehead atoms. The molecule has 0 radical (unpaired) electrons. The van der Waals surface area contributed by atoms with Crippen LogP contribution in [0.2, 0.25) is 0 Å². The Hall–Kier alpha value is -0.0400. The van der Waals surface area contributed by atoms with Crippen molar-refractivity contribution in [1.29, 1.82) is 0 Å². The van der Waals surface area contributed by atoms with Crippen molar-refractivity contribution in [2.45, 2.75) is 34.1 Å². The average Bonchev–Trinajstić information content (AvgIpc) is 1.83. The second kappa shape index (κ2) is 7.96. The highest BCUT2D eigenvalue weighted by molar-refractivity contribution is 4.50. The predicted molar refractivity (Wildman–Crippen MR) is 44.7 cm³/mol. The minimum absolute atomic E-state index is 0. The first-order chi connectivity index (χ1) is 3.81. The molecule has 0 aromatic heterocycles. The van der Waals surface area contributed by atoms with Gasteiger partial charge in [0.05, 0.1) is 0 Å². The van der Waals surface area contributed by atoms with E-state index < -0.39 is 0 Å². The third-order valence-electron chi connectivity index (χ3n) is 1.58. The molecule has 9 heavy (non-hydrogen) atoms. The molecule has 1 unspecified atom stereocenters. The molecule has 0 aliphatic heterocycles. The van der Waals surface area contributed by atoms with Crippen LogP contribution < -0.4 is 5.32 Å². The Labute approximate surface area is 59.8 Å². The minimum atomic E-state index is 0. The lowest BCUT2D eigenvalue weighted by Gasteiger charge is -2.05. The van der Waals surface area contributed by atoms with E-state index >= 15 is 0 Å². The first kappa shape index (κ1) is 11.7. The summed E-state index contributed by atoms with van der Waals surface area (Å²) in [4.78, 5) is 0. The van der Waals surface area contributed by atoms with Crippen molar-refractivity contribution >= 4 is 0 Å². The number of rotatable bonds is 4. The average molecular weight is 131 g/mol. The van der Waals surface area contributed by atoms with Gasteiger partial charge in [0.25, 0.3) is 0 Å². The van der Waals surface area contributed by atoms with Gasteiger partial charge in [-0.25, -0.2) is 0 Å². The van der Waals surface area contributed by atoms with Crippen LogP contribution in [0.4, 0.5) is 0 Å². The standard InChI is InChI=1S/C7H17N.CH4/c1-4-7(2)5-6-8-3;/h7-8H,4-6H2,1-3H3;1H4. The Kier molecular flexibility index (Phi) is 10.4. The summed E-state index contributed by atoms with van der Waals surface area (Å²) in [5.74, 6) is 0.891. The van der Waals surface area contributed by atoms with Gasteiger partial charge in [0.1, 0.15) is 0 Å². The lowest BCUT2D eigenvalue weighted by Crippen LogP contribution is -2.10. The number of nitrogens with one attached hydrogen (secondary N) is 1. The van der Waals surface area contributed by atoms with Crippen molar-refractivity contribution in [3.05, 3.63) is 0 Å². The smallest absolute Gasteiger partial charge is 0.00494 e. The lowest BCUT2D eigenvalue weighted by molar-refractivity contribution is 0.503. The Morgan fingerprint density at radius 1 is 1.44 bits per heavy atom. The Morgan fingerprint density at radius 2 is 2.00 bits per heavy atom. The molecule has 0 heterocycles. The van der Waals surface area contributed by atoms with E-state index in [2.05, 4.69) is 19.2 Å². The normalized spacial score (nSPS) is 12.3. The van der Waals surface area contributed by atoms with Gasteiger partial charge in [0.15, 0.2) is 0 Å². The van der Waals surface area contributed by atoms with E-state index in [0.717, 1.165) is 12.5 Å². The molecule has 0 spiro atoms. The highest BCUT2D eigenvalue weighted by Crippen LogP contribution is 2.03. The minimum Gasteiger partial charge on any atom is -0.320 e. The van der Waals surface area contributed by atoms with Gasteiger partial charge in [0, 0.05) is 0 Å². The molecule has 0 aliphatic carbocycles. The van der Waals surface area contributed by atoms with Crippen LogP contribution in [0.5, 0.6) is 0 Å². The predicted octanol–water partition coefficient (Wildman–Crippen LogP) is 2.28. The van der Waals surface area contributed by atoms with Crippen molar-refractivity contribution in [2.75, 3.05) is 13.6 Å². The second-order valence-electron chi connectivity index (χ2n) is 2.41. The molecule has 0 fully saturated rings. The van der Waals surface area contributed by atoms with Gasteiger partial charge in [-0.05, 0) is 25.9 Å². The fourth-order valence-corrected chi connectivity index (χ4v) is 0.595. The molecule has 0 aromatic rings. The summed E-state index contributed by atoms with van der Waals surface area (Å²) in [5.41, 5.74) is 0. The molecule has 0 rings (SSSR count). The maximum absolute atomic E-state index is 3.13. The molecule has 1 atom stereocenters. The molecule has 0 amide bonds. The third-order valence-corrected chi connectivity index (χ3v) is 1.58. The van der Waals surface area contributed by atoms with Crippen molar-refractivity contribution in [3.63, 3.8) is 0 Å². The van der Waals surface area contributed by atoms with Gasteiger partial charge < -0.3 is 5.32 Å². The Morgan fingerprint density at radius 3 is 2.33 bits per heavy atom. The molecule has 58 valence electrons. The van der Waals surface area contributed by atoms with Crippen molar-refractivity contribution in [1.82, 2.24) is 5.32 Å². The quantitative estimate of drug-likeness (QED) is 0.617. The van der Waals surface area contributed by atoms with Gasteiger partial charge in [-0.15, -0.1) is 0 Å². The van der Waals surface area contributed by atoms with E-state index in [-0.39, 0.29) is 7.43 Å². The van der Waals surface area contributed by atoms with Crippen LogP contribution in [0.15, 0.2) is 0 Å². The summed E-state index contributed by atoms with van der Waals surface area (Å²) in [6, 6.07) is 0. The van der Waals surface area contributed by atoms with Crippen LogP contribution in [0.1, 0.15) is 34.1 Å². The molecule has 0 saturated carbocycles. The fourth-order valence-electron chi connectivity index (χ4n) is 0.595. The van der Waals surface area contributed by atoms with Gasteiger partial charge in [-0.2, -0.15) is 0 Å². The van der Waals surface area contributed by atoms with Crippen molar-refractivity contribution < 1.29 is 0 Å². The molecule has 0 aliphatic rings. The fraction of sp³-hybridized carbons (Fsp3) is 1.00. The van der Waals surface area contributed by atoms with Crippen LogP contribution in [-0.2, 0) is 0 Å². The van der Waals surface area contributed by atoms with Crippen LogP contribution in [0.3, 0.4) is 0 Å². The summed E-state index contributed by atoms with van der Waals surface area (Å²) in [5, 5.41) is 3.13. The van der Waals surface area contributed by atoms with E-state index in [0.29, 0.717) is 0 Å². The summed E-state index contributed by atoms with van der Waals surface area (Å²) in [6.45, 7) is 5.69. The van der Waals surface area contributed by atoms with E-state index in [9.17, 15) is 0 Å². The van der Waals surface area contributed by atoms with Crippen molar-refractivity contribution in [2.24, 2.45) is 5.92 Å². The van der Waals surface area contributed by atoms with Gasteiger partial charge in [0.2, 0.25) is 0 Å². The van der Waals surface area contributed by atoms with Gasteiger partial charge in [-0.1, -0.05) is 27.7 Å². The van der Waals surface area contributed by atoms with Crippen LogP contribution >= 0.6 is 0 Å². The second-order valence-corrected chi connectivity index (χ2v) is 2.41. The molecule has 1 N–H and O–H groups in total. The monoisotopic (exact) mass is 131 g/mol. The first-order valence-electron chi connectivity index (χ1n) is 3.45. The largest absolute Gasteiger partial charge is 0.320 e. The highest BCUT2D eigenvalue weighted by atomic mass is 14.8. The molecular weight excluding hydrogens is 110 g/mol. The number of hydrogen-bond donors (Lipinski definition) is 1. The molecule has 1 heteroatoms. The number of hydrogen-bond acceptors (Lipinski definition) is 1. The van der Waals surface area contributed by atoms with Gasteiger partial charge >= 0.3 is 0 Å². The third kappa shape index (κ3) is 7.96. The van der Waals surface area contributed by atoms with E-state index in [4.69, 9.17) is 0 Å². The SMILES string of the molecule is C.CCC(C)CCNC. The molecule has 0 saturated heterocycles. The van der Waals surface area contributed by atoms with Crippen LogP contribution in [0, 0.1) is 5.92 Å². The maximum atomic E-state index is 3.13. The van der Waals surface area contributed by atoms with Crippen LogP contribution in [0.25, 0.3) is 0 Å². The van der Waals surface area contributed by atoms with Gasteiger partial charge in [-0.3, -0.25) is 0 Å². The van der Waals surface area contributed by atoms with E-state index in [1.165, 1.54) is 12.8 Å². The highest BCUT2D eigenvalue weighted by Gasteiger charge is 1.94. The summed E-state index contributed by atoms with van der Waals surface area (Å²) in [6.07, 6.45) is 2.62. The molecular formula is C8H21N. The Balaban J connectivity index is 0. The lowest BCUT2D eigenvalue weighted by atomic mass is 10.1. The zero-order valence-corrected chi connectivity index (χ0v) is 6.20. The van der Waals surface area contributed by atoms with E-state index in [1.807, 2.05) is 7.05 Å². The summed E-state index contributed by atoms with van der Waals surface area (Å²) < 4.78 is 0. The zero-order chi connectivity index (χ0) is 6.41. The van der Waals surface area contributed by atoms with Crippen molar-refractivity contribution in [3.8, 4) is 0 Å². The maximum Gasteiger partial charge on any atom is -0.00494 e. The zero-order valence-electron chi connectivity index (χ0n) is 6.20. The van der Waals surface area contributed by atoms with E-state index in [1.54, 1.807) is 0 Å². The Bertz CT molecular complexity index is 43.8. The summed E-state index contributed by atoms with van der Waals surface area (Å²) >= 11 is 0. The van der Waals surface area contributed by atoms with Crippen LogP contribution in [-0.4, -0.2) is 13.6 Å². The molecule has 1 nitrogen and oxygen atoms in total.